The number of likely N-dealkylation sites (tertiary alicyclic amines) is 1. The van der Waals surface area contributed by atoms with Crippen molar-refractivity contribution in [3.8, 4) is 0 Å². The molecule has 2 aromatic carbocycles. The van der Waals surface area contributed by atoms with E-state index in [1.54, 1.807) is 6.07 Å². The van der Waals surface area contributed by atoms with E-state index in [2.05, 4.69) is 15.2 Å². The standard InChI is InChI=1S/C25H25N5O4/c26-24(32)17-7-5-11-29(13-17)12-16-6-1-3-9-19(16)28-21(31)14-30-15-27-22-18-8-2-4-10-20(18)34-23(22)25(30)33/h1-4,6,8-10,15,17H,5,7,11-14H2,(H2,26,32)(H,28,31). The molecule has 1 fully saturated rings. The lowest BCUT2D eigenvalue weighted by molar-refractivity contribution is -0.123. The molecular weight excluding hydrogens is 434 g/mol. The number of hydrogen-bond donors (Lipinski definition) is 2. The number of benzene rings is 2. The van der Waals surface area contributed by atoms with Crippen molar-refractivity contribution < 1.29 is 14.0 Å². The highest BCUT2D eigenvalue weighted by atomic mass is 16.3. The number of amides is 2. The number of nitrogens with two attached hydrogens (primary N) is 1. The fourth-order valence-electron chi connectivity index (χ4n) is 4.52. The second kappa shape index (κ2) is 9.11. The number of nitrogens with one attached hydrogen (secondary N) is 1. The first-order valence-corrected chi connectivity index (χ1v) is 11.3. The third kappa shape index (κ3) is 4.29. The number of primary amides is 1. The maximum Gasteiger partial charge on any atom is 0.297 e. The summed E-state index contributed by atoms with van der Waals surface area (Å²) in [5, 5.41) is 3.67. The number of anilines is 1. The smallest absolute Gasteiger partial charge is 0.297 e. The summed E-state index contributed by atoms with van der Waals surface area (Å²) < 4.78 is 6.93. The van der Waals surface area contributed by atoms with Crippen LogP contribution in [0.1, 0.15) is 18.4 Å². The SMILES string of the molecule is NC(=O)C1CCCN(Cc2ccccc2NC(=O)Cn2cnc3c(oc4ccccc43)c2=O)C1. The van der Waals surface area contributed by atoms with Crippen LogP contribution in [0.2, 0.25) is 0 Å². The Morgan fingerprint density at radius 3 is 2.79 bits per heavy atom. The third-order valence-corrected chi connectivity index (χ3v) is 6.26. The molecule has 2 amide bonds. The van der Waals surface area contributed by atoms with E-state index in [-0.39, 0.29) is 29.9 Å². The second-order valence-corrected chi connectivity index (χ2v) is 8.64. The molecule has 1 atom stereocenters. The third-order valence-electron chi connectivity index (χ3n) is 6.26. The summed E-state index contributed by atoms with van der Waals surface area (Å²) in [5.74, 6) is -0.768. The second-order valence-electron chi connectivity index (χ2n) is 8.64. The van der Waals surface area contributed by atoms with Crippen molar-refractivity contribution in [2.45, 2.75) is 25.9 Å². The van der Waals surface area contributed by atoms with E-state index in [9.17, 15) is 14.4 Å². The first kappa shape index (κ1) is 21.8. The van der Waals surface area contributed by atoms with E-state index < -0.39 is 5.56 Å². The van der Waals surface area contributed by atoms with Gasteiger partial charge >= 0.3 is 0 Å². The van der Waals surface area contributed by atoms with Gasteiger partial charge in [0.15, 0.2) is 0 Å². The van der Waals surface area contributed by atoms with Crippen LogP contribution < -0.4 is 16.6 Å². The van der Waals surface area contributed by atoms with E-state index >= 15 is 0 Å². The maximum absolute atomic E-state index is 12.9. The summed E-state index contributed by atoms with van der Waals surface area (Å²) in [6, 6.07) is 14.8. The molecule has 1 aliphatic rings. The average Bonchev–Trinajstić information content (AvgIpc) is 3.22. The molecule has 34 heavy (non-hydrogen) atoms. The molecule has 0 spiro atoms. The molecule has 5 rings (SSSR count). The number of hydrogen-bond acceptors (Lipinski definition) is 6. The van der Waals surface area contributed by atoms with Gasteiger partial charge in [0.1, 0.15) is 17.6 Å². The molecule has 9 nitrogen and oxygen atoms in total. The number of aromatic nitrogens is 2. The highest BCUT2D eigenvalue weighted by Gasteiger charge is 2.24. The van der Waals surface area contributed by atoms with Crippen molar-refractivity contribution in [1.82, 2.24) is 14.5 Å². The lowest BCUT2D eigenvalue weighted by Crippen LogP contribution is -2.40. The van der Waals surface area contributed by atoms with E-state index in [0.29, 0.717) is 29.9 Å². The van der Waals surface area contributed by atoms with Gasteiger partial charge in [-0.05, 0) is 43.1 Å². The number of carbonyl (C=O) groups excluding carboxylic acids is 2. The Balaban J connectivity index is 1.32. The topological polar surface area (TPSA) is 123 Å². The van der Waals surface area contributed by atoms with E-state index in [1.807, 2.05) is 42.5 Å². The largest absolute Gasteiger partial charge is 0.448 e. The minimum atomic E-state index is -0.407. The van der Waals surface area contributed by atoms with Crippen molar-refractivity contribution in [2.75, 3.05) is 18.4 Å². The van der Waals surface area contributed by atoms with Gasteiger partial charge in [-0.3, -0.25) is 23.9 Å². The molecule has 3 heterocycles. The average molecular weight is 460 g/mol. The monoisotopic (exact) mass is 459 g/mol. The summed E-state index contributed by atoms with van der Waals surface area (Å²) in [6.45, 7) is 1.87. The molecule has 4 aromatic rings. The van der Waals surface area contributed by atoms with Crippen molar-refractivity contribution in [1.29, 1.82) is 0 Å². The lowest BCUT2D eigenvalue weighted by atomic mass is 9.97. The van der Waals surface area contributed by atoms with Crippen LogP contribution in [0.25, 0.3) is 22.1 Å². The number of piperidine rings is 1. The fourth-order valence-corrected chi connectivity index (χ4v) is 4.52. The van der Waals surface area contributed by atoms with Crippen LogP contribution in [0.5, 0.6) is 0 Å². The Kier molecular flexibility index (Phi) is 5.85. The van der Waals surface area contributed by atoms with Gasteiger partial charge in [-0.25, -0.2) is 4.98 Å². The van der Waals surface area contributed by atoms with Crippen LogP contribution in [0.4, 0.5) is 5.69 Å². The highest BCUT2D eigenvalue weighted by Crippen LogP contribution is 2.24. The van der Waals surface area contributed by atoms with Gasteiger partial charge in [-0.1, -0.05) is 30.3 Å². The zero-order valence-corrected chi connectivity index (χ0v) is 18.6. The Morgan fingerprint density at radius 1 is 1.15 bits per heavy atom. The molecule has 1 saturated heterocycles. The Bertz CT molecular complexity index is 1440. The number of rotatable bonds is 6. The Morgan fingerprint density at radius 2 is 1.94 bits per heavy atom. The fraction of sp³-hybridized carbons (Fsp3) is 0.280. The van der Waals surface area contributed by atoms with Crippen LogP contribution in [0.15, 0.2) is 64.1 Å². The van der Waals surface area contributed by atoms with Gasteiger partial charge in [0, 0.05) is 24.2 Å². The Hall–Kier alpha value is -3.98. The van der Waals surface area contributed by atoms with E-state index in [4.69, 9.17) is 10.2 Å². The van der Waals surface area contributed by atoms with Gasteiger partial charge in [-0.15, -0.1) is 0 Å². The van der Waals surface area contributed by atoms with Crippen molar-refractivity contribution in [3.05, 3.63) is 70.8 Å². The first-order chi connectivity index (χ1) is 16.5. The molecule has 0 bridgehead atoms. The number of fused-ring (bicyclic) bond motifs is 3. The predicted octanol–water partition coefficient (Wildman–Crippen LogP) is 2.48. The Labute approximate surface area is 195 Å². The predicted molar refractivity (Wildman–Crippen MR) is 128 cm³/mol. The normalized spacial score (nSPS) is 16.6. The van der Waals surface area contributed by atoms with Crippen LogP contribution >= 0.6 is 0 Å². The van der Waals surface area contributed by atoms with Crippen molar-refractivity contribution >= 4 is 39.6 Å². The summed E-state index contributed by atoms with van der Waals surface area (Å²) in [7, 11) is 0. The summed E-state index contributed by atoms with van der Waals surface area (Å²) in [4.78, 5) is 43.9. The molecule has 0 saturated carbocycles. The zero-order valence-electron chi connectivity index (χ0n) is 18.6. The van der Waals surface area contributed by atoms with E-state index in [0.717, 1.165) is 30.3 Å². The minimum Gasteiger partial charge on any atom is -0.448 e. The number of carbonyl (C=O) groups is 2. The highest BCUT2D eigenvalue weighted by molar-refractivity contribution is 6.01. The minimum absolute atomic E-state index is 0.131. The van der Waals surface area contributed by atoms with Gasteiger partial charge in [0.25, 0.3) is 5.56 Å². The van der Waals surface area contributed by atoms with Crippen molar-refractivity contribution in [2.24, 2.45) is 11.7 Å². The molecule has 1 unspecified atom stereocenters. The van der Waals surface area contributed by atoms with Crippen LogP contribution in [0.3, 0.4) is 0 Å². The molecule has 1 aliphatic heterocycles. The number of furan rings is 1. The van der Waals surface area contributed by atoms with Crippen LogP contribution in [-0.2, 0) is 22.7 Å². The quantitative estimate of drug-likeness (QED) is 0.457. The van der Waals surface area contributed by atoms with Gasteiger partial charge in [0.05, 0.1) is 12.2 Å². The van der Waals surface area contributed by atoms with Gasteiger partial charge < -0.3 is 15.5 Å². The first-order valence-electron chi connectivity index (χ1n) is 11.3. The van der Waals surface area contributed by atoms with E-state index in [1.165, 1.54) is 10.9 Å². The summed E-state index contributed by atoms with van der Waals surface area (Å²) in [5.41, 5.74) is 7.88. The zero-order chi connectivity index (χ0) is 23.7. The molecule has 9 heteroatoms. The summed E-state index contributed by atoms with van der Waals surface area (Å²) >= 11 is 0. The van der Waals surface area contributed by atoms with Crippen molar-refractivity contribution in [3.63, 3.8) is 0 Å². The number of para-hydroxylation sites is 2. The van der Waals surface area contributed by atoms with Gasteiger partial charge in [-0.2, -0.15) is 0 Å². The van der Waals surface area contributed by atoms with Gasteiger partial charge in [0.2, 0.25) is 17.4 Å². The van der Waals surface area contributed by atoms with Crippen LogP contribution in [-0.4, -0.2) is 39.4 Å². The molecule has 3 N–H and O–H groups in total. The lowest BCUT2D eigenvalue weighted by Gasteiger charge is -2.31. The molecule has 174 valence electrons. The number of nitrogens with zero attached hydrogens (tertiary/aromatic N) is 3. The molecule has 0 aliphatic carbocycles. The molecule has 2 aromatic heterocycles. The summed E-state index contributed by atoms with van der Waals surface area (Å²) in [6.07, 6.45) is 3.08. The molecular formula is C25H25N5O4. The van der Waals surface area contributed by atoms with Crippen LogP contribution in [0, 0.1) is 5.92 Å². The molecule has 0 radical (unpaired) electrons. The maximum atomic E-state index is 12.9.